The van der Waals surface area contributed by atoms with E-state index in [-0.39, 0.29) is 11.7 Å². The molecule has 2 heterocycles. The topological polar surface area (TPSA) is 78.5 Å². The van der Waals surface area contributed by atoms with Crippen LogP contribution in [0, 0.1) is 5.92 Å². The number of rotatable bonds is 3. The molecule has 0 atom stereocenters. The van der Waals surface area contributed by atoms with Gasteiger partial charge in [0.05, 0.1) is 0 Å². The van der Waals surface area contributed by atoms with Crippen LogP contribution in [0.3, 0.4) is 0 Å². The lowest BCUT2D eigenvalue weighted by atomic mass is 10.1. The van der Waals surface area contributed by atoms with Gasteiger partial charge in [-0.3, -0.25) is 0 Å². The van der Waals surface area contributed by atoms with Gasteiger partial charge >= 0.3 is 6.03 Å². The maximum Gasteiger partial charge on any atom is 0.372 e. The zero-order chi connectivity index (χ0) is 17.4. The third-order valence-corrected chi connectivity index (χ3v) is 5.03. The van der Waals surface area contributed by atoms with E-state index in [9.17, 15) is 4.79 Å². The SMILES string of the molecule is CC(C)Cc1nc(C(Cl)(Cl)C(Cl)(Cl)Cl)nn1C(=O)n1cncn1. The highest BCUT2D eigenvalue weighted by atomic mass is 35.6. The van der Waals surface area contributed by atoms with Gasteiger partial charge in [-0.05, 0) is 5.92 Å². The van der Waals surface area contributed by atoms with Crippen LogP contribution in [0.4, 0.5) is 4.79 Å². The fourth-order valence-corrected chi connectivity index (χ4v) is 2.07. The number of carbonyl (C=O) groups excluding carboxylic acids is 1. The highest BCUT2D eigenvalue weighted by molar-refractivity contribution is 6.75. The maximum atomic E-state index is 12.4. The van der Waals surface area contributed by atoms with E-state index < -0.39 is 14.2 Å². The van der Waals surface area contributed by atoms with Crippen LogP contribution in [0.5, 0.6) is 0 Å². The molecule has 0 saturated carbocycles. The lowest BCUT2D eigenvalue weighted by molar-refractivity contribution is 0.237. The van der Waals surface area contributed by atoms with Gasteiger partial charge in [0.15, 0.2) is 5.82 Å². The van der Waals surface area contributed by atoms with Crippen molar-refractivity contribution in [3.05, 3.63) is 24.3 Å². The first-order chi connectivity index (χ1) is 10.5. The summed E-state index contributed by atoms with van der Waals surface area (Å²) in [4.78, 5) is 20.3. The number of nitrogens with zero attached hydrogens (tertiary/aromatic N) is 6. The van der Waals surface area contributed by atoms with E-state index in [1.165, 1.54) is 12.7 Å². The number of halogens is 5. The first-order valence-electron chi connectivity index (χ1n) is 6.34. The number of hydrogen-bond donors (Lipinski definition) is 0. The number of hydrogen-bond acceptors (Lipinski definition) is 5. The first kappa shape index (κ1) is 18.7. The Bertz CT molecular complexity index is 690. The summed E-state index contributed by atoms with van der Waals surface area (Å²) in [5.41, 5.74) is 0. The van der Waals surface area contributed by atoms with Crippen LogP contribution in [0.1, 0.15) is 25.5 Å². The van der Waals surface area contributed by atoms with Crippen LogP contribution in [0.15, 0.2) is 12.7 Å². The second-order valence-corrected chi connectivity index (χ2v) is 8.66. The highest BCUT2D eigenvalue weighted by Crippen LogP contribution is 2.51. The van der Waals surface area contributed by atoms with Crippen LogP contribution in [-0.4, -0.2) is 39.4 Å². The Hall–Kier alpha value is -0.600. The fourth-order valence-electron chi connectivity index (χ4n) is 1.66. The smallest absolute Gasteiger partial charge is 0.243 e. The van der Waals surface area contributed by atoms with E-state index in [1.54, 1.807) is 0 Å². The van der Waals surface area contributed by atoms with E-state index in [2.05, 4.69) is 20.2 Å². The quantitative estimate of drug-likeness (QED) is 0.709. The molecule has 0 aliphatic carbocycles. The molecule has 2 aromatic heterocycles. The molecule has 126 valence electrons. The minimum atomic E-state index is -2.09. The van der Waals surface area contributed by atoms with Crippen molar-refractivity contribution >= 4 is 64.0 Å². The van der Waals surface area contributed by atoms with Crippen molar-refractivity contribution in [1.82, 2.24) is 29.5 Å². The summed E-state index contributed by atoms with van der Waals surface area (Å²) in [5.74, 6) is 0.308. The average molecular weight is 421 g/mol. The van der Waals surface area contributed by atoms with Crippen molar-refractivity contribution in [2.45, 2.75) is 28.4 Å². The van der Waals surface area contributed by atoms with Gasteiger partial charge in [-0.1, -0.05) is 71.9 Å². The zero-order valence-corrected chi connectivity index (χ0v) is 15.7. The third-order valence-electron chi connectivity index (χ3n) is 2.70. The van der Waals surface area contributed by atoms with Crippen molar-refractivity contribution in [2.75, 3.05) is 0 Å². The molecule has 0 spiro atoms. The molecule has 0 radical (unpaired) electrons. The van der Waals surface area contributed by atoms with Gasteiger partial charge in [0.25, 0.3) is 0 Å². The zero-order valence-electron chi connectivity index (χ0n) is 11.9. The van der Waals surface area contributed by atoms with E-state index >= 15 is 0 Å². The molecule has 0 aliphatic heterocycles. The molecule has 0 unspecified atom stereocenters. The van der Waals surface area contributed by atoms with Crippen LogP contribution < -0.4 is 0 Å². The molecule has 23 heavy (non-hydrogen) atoms. The van der Waals surface area contributed by atoms with Crippen LogP contribution in [-0.2, 0) is 10.8 Å². The minimum absolute atomic E-state index is 0.183. The van der Waals surface area contributed by atoms with Gasteiger partial charge in [-0.25, -0.2) is 14.8 Å². The summed E-state index contributed by atoms with van der Waals surface area (Å²) >= 11 is 29.5. The molecule has 12 heteroatoms. The van der Waals surface area contributed by atoms with Crippen molar-refractivity contribution in [3.8, 4) is 0 Å². The lowest BCUT2D eigenvalue weighted by Crippen LogP contribution is -2.30. The van der Waals surface area contributed by atoms with Gasteiger partial charge in [0.1, 0.15) is 18.5 Å². The Morgan fingerprint density at radius 1 is 1.26 bits per heavy atom. The molecule has 0 amide bonds. The van der Waals surface area contributed by atoms with Crippen molar-refractivity contribution in [3.63, 3.8) is 0 Å². The standard InChI is InChI=1S/C11H11Cl5N6O/c1-6(2)3-7-19-8(10(12,13)11(14,15)16)20-22(7)9(23)21-5-17-4-18-21/h4-6H,3H2,1-2H3. The molecule has 0 saturated heterocycles. The lowest BCUT2D eigenvalue weighted by Gasteiger charge is -2.23. The Morgan fingerprint density at radius 2 is 1.91 bits per heavy atom. The summed E-state index contributed by atoms with van der Waals surface area (Å²) in [6, 6.07) is -0.606. The largest absolute Gasteiger partial charge is 0.372 e. The summed E-state index contributed by atoms with van der Waals surface area (Å²) in [5, 5.41) is 7.76. The normalized spacial score (nSPS) is 12.9. The molecular formula is C11H11Cl5N6O. The van der Waals surface area contributed by atoms with Gasteiger partial charge in [0.2, 0.25) is 8.13 Å². The number of alkyl halides is 5. The first-order valence-corrected chi connectivity index (χ1v) is 8.23. The fraction of sp³-hybridized carbons (Fsp3) is 0.545. The van der Waals surface area contributed by atoms with Gasteiger partial charge < -0.3 is 0 Å². The Kier molecular flexibility index (Phi) is 5.48. The molecule has 0 N–H and O–H groups in total. The second kappa shape index (κ2) is 6.72. The van der Waals surface area contributed by atoms with Crippen LogP contribution in [0.2, 0.25) is 0 Å². The van der Waals surface area contributed by atoms with E-state index in [4.69, 9.17) is 58.0 Å². The van der Waals surface area contributed by atoms with Crippen molar-refractivity contribution in [2.24, 2.45) is 5.92 Å². The van der Waals surface area contributed by atoms with Gasteiger partial charge in [-0.15, -0.1) is 5.10 Å². The van der Waals surface area contributed by atoms with E-state index in [1.807, 2.05) is 13.8 Å². The molecule has 0 bridgehead atoms. The van der Waals surface area contributed by atoms with Crippen LogP contribution in [0.25, 0.3) is 0 Å². The van der Waals surface area contributed by atoms with Crippen molar-refractivity contribution in [1.29, 1.82) is 0 Å². The summed E-state index contributed by atoms with van der Waals surface area (Å²) in [6.45, 7) is 3.89. The third kappa shape index (κ3) is 3.91. The summed E-state index contributed by atoms with van der Waals surface area (Å²) in [6.07, 6.45) is 2.87. The molecule has 2 aromatic rings. The van der Waals surface area contributed by atoms with E-state index in [0.29, 0.717) is 12.2 Å². The number of carbonyl (C=O) groups is 1. The molecule has 0 aromatic carbocycles. The minimum Gasteiger partial charge on any atom is -0.243 e. The molecular weight excluding hydrogens is 409 g/mol. The maximum absolute atomic E-state index is 12.4. The molecule has 7 nitrogen and oxygen atoms in total. The predicted octanol–water partition coefficient (Wildman–Crippen LogP) is 3.59. The second-order valence-electron chi connectivity index (χ2n) is 5.06. The molecule has 0 aliphatic rings. The highest BCUT2D eigenvalue weighted by Gasteiger charge is 2.51. The summed E-state index contributed by atoms with van der Waals surface area (Å²) < 4.78 is -2.12. The number of aromatic nitrogens is 6. The monoisotopic (exact) mass is 418 g/mol. The van der Waals surface area contributed by atoms with Gasteiger partial charge in [0, 0.05) is 6.42 Å². The van der Waals surface area contributed by atoms with Crippen LogP contribution >= 0.6 is 58.0 Å². The molecule has 2 rings (SSSR count). The summed E-state index contributed by atoms with van der Waals surface area (Å²) in [7, 11) is 0. The van der Waals surface area contributed by atoms with Crippen molar-refractivity contribution < 1.29 is 4.79 Å². The predicted molar refractivity (Wildman–Crippen MR) is 88.5 cm³/mol. The van der Waals surface area contributed by atoms with E-state index in [0.717, 1.165) is 9.36 Å². The Balaban J connectivity index is 2.51. The molecule has 0 fully saturated rings. The average Bonchev–Trinajstić information content (AvgIpc) is 3.04. The Labute approximate surface area is 156 Å². The van der Waals surface area contributed by atoms with Gasteiger partial charge in [-0.2, -0.15) is 14.5 Å². The Morgan fingerprint density at radius 3 is 2.39 bits per heavy atom.